The second-order valence-corrected chi connectivity index (χ2v) is 12.4. The maximum Gasteiger partial charge on any atom is 0.254 e. The second kappa shape index (κ2) is 11.6. The molecule has 1 aromatic heterocycles. The molecule has 0 saturated heterocycles. The molecule has 2 amide bonds. The van der Waals surface area contributed by atoms with Crippen molar-refractivity contribution in [2.45, 2.75) is 56.3 Å². The standard InChI is InChI=1S/C28H31ClN4O5S/c1-39(36,37)32-23-10-4-5-11-24(23)33-26(19-12-13-20(29)15-19)25(21-8-2-3-9-22(21)28(33)35)27(34)31-38-17-18-7-6-14-30-16-18/h2-3,6-9,12-16,19,23-26,32H,4-5,10-11,17H2,1H3,(H,31,34)/t19?,23-,24-,25+,26?/m0/s1. The van der Waals surface area contributed by atoms with Crippen LogP contribution < -0.4 is 10.2 Å². The van der Waals surface area contributed by atoms with Gasteiger partial charge in [-0.2, -0.15) is 0 Å². The molecule has 3 aliphatic rings. The van der Waals surface area contributed by atoms with Gasteiger partial charge in [-0.1, -0.05) is 60.9 Å². The van der Waals surface area contributed by atoms with Gasteiger partial charge in [0.1, 0.15) is 6.61 Å². The van der Waals surface area contributed by atoms with E-state index in [2.05, 4.69) is 15.2 Å². The van der Waals surface area contributed by atoms with E-state index in [1.807, 2.05) is 18.2 Å². The number of nitrogens with zero attached hydrogens (tertiary/aromatic N) is 2. The number of hydroxylamine groups is 1. The summed E-state index contributed by atoms with van der Waals surface area (Å²) >= 11 is 6.34. The zero-order chi connectivity index (χ0) is 27.6. The molecule has 1 aromatic carbocycles. The molecule has 1 fully saturated rings. The summed E-state index contributed by atoms with van der Waals surface area (Å²) in [6, 6.07) is 9.14. The number of aromatic nitrogens is 1. The number of carbonyl (C=O) groups is 2. The van der Waals surface area contributed by atoms with Crippen LogP contribution in [0, 0.1) is 5.92 Å². The lowest BCUT2D eigenvalue weighted by Gasteiger charge is -2.50. The summed E-state index contributed by atoms with van der Waals surface area (Å²) in [5, 5.41) is 0.521. The Kier molecular flexibility index (Phi) is 8.18. The van der Waals surface area contributed by atoms with Crippen molar-refractivity contribution in [1.82, 2.24) is 20.1 Å². The van der Waals surface area contributed by atoms with Crippen molar-refractivity contribution in [3.8, 4) is 0 Å². The Labute approximate surface area is 233 Å². The fourth-order valence-electron chi connectivity index (χ4n) is 5.96. The minimum atomic E-state index is -3.53. The Morgan fingerprint density at radius 3 is 2.69 bits per heavy atom. The highest BCUT2D eigenvalue weighted by Gasteiger charge is 2.50. The van der Waals surface area contributed by atoms with Gasteiger partial charge in [-0.3, -0.25) is 19.4 Å². The number of amides is 2. The van der Waals surface area contributed by atoms with Gasteiger partial charge in [0.05, 0.1) is 18.2 Å². The Morgan fingerprint density at radius 2 is 1.97 bits per heavy atom. The van der Waals surface area contributed by atoms with Gasteiger partial charge in [0, 0.05) is 41.0 Å². The van der Waals surface area contributed by atoms with Crippen LogP contribution in [0.1, 0.15) is 53.1 Å². The maximum atomic E-state index is 14.1. The van der Waals surface area contributed by atoms with Crippen LogP contribution in [-0.2, 0) is 26.3 Å². The molecule has 206 valence electrons. The third-order valence-corrected chi connectivity index (χ3v) is 8.50. The largest absolute Gasteiger partial charge is 0.329 e. The molecule has 9 nitrogen and oxygen atoms in total. The lowest BCUT2D eigenvalue weighted by atomic mass is 9.74. The zero-order valence-corrected chi connectivity index (χ0v) is 23.1. The summed E-state index contributed by atoms with van der Waals surface area (Å²) < 4.78 is 27.3. The predicted octanol–water partition coefficient (Wildman–Crippen LogP) is 3.41. The lowest BCUT2D eigenvalue weighted by molar-refractivity contribution is -0.138. The molecular weight excluding hydrogens is 540 g/mol. The third-order valence-electron chi connectivity index (χ3n) is 7.52. The first-order chi connectivity index (χ1) is 18.7. The Bertz CT molecular complexity index is 1400. The molecule has 0 bridgehead atoms. The molecule has 2 unspecified atom stereocenters. The molecule has 1 saturated carbocycles. The van der Waals surface area contributed by atoms with E-state index in [4.69, 9.17) is 16.4 Å². The summed E-state index contributed by atoms with van der Waals surface area (Å²) in [5.41, 5.74) is 4.41. The van der Waals surface area contributed by atoms with E-state index < -0.39 is 40.0 Å². The number of nitrogens with one attached hydrogen (secondary N) is 2. The molecule has 39 heavy (non-hydrogen) atoms. The van der Waals surface area contributed by atoms with Crippen molar-refractivity contribution in [2.24, 2.45) is 5.92 Å². The number of carbonyl (C=O) groups excluding carboxylic acids is 2. The minimum Gasteiger partial charge on any atom is -0.329 e. The molecule has 5 rings (SSSR count). The Hall–Kier alpha value is -3.05. The van der Waals surface area contributed by atoms with Gasteiger partial charge in [0.15, 0.2) is 0 Å². The zero-order valence-electron chi connectivity index (χ0n) is 21.5. The first-order valence-electron chi connectivity index (χ1n) is 13.0. The van der Waals surface area contributed by atoms with Crippen molar-refractivity contribution in [2.75, 3.05) is 6.26 Å². The SMILES string of the molecule is CS(=O)(=O)N[C@H]1CCCC[C@@H]1N1C(=O)c2ccccc2[C@@H](C(=O)NOCc2cccnc2)C1C1C=CC(Cl)=C1. The molecule has 5 atom stereocenters. The molecule has 0 radical (unpaired) electrons. The van der Waals surface area contributed by atoms with Gasteiger partial charge in [-0.05, 0) is 42.2 Å². The van der Waals surface area contributed by atoms with Crippen LogP contribution in [-0.4, -0.2) is 54.5 Å². The highest BCUT2D eigenvalue weighted by atomic mass is 35.5. The minimum absolute atomic E-state index is 0.124. The van der Waals surface area contributed by atoms with Gasteiger partial charge < -0.3 is 4.90 Å². The van der Waals surface area contributed by atoms with Crippen LogP contribution in [0.25, 0.3) is 0 Å². The van der Waals surface area contributed by atoms with Crippen molar-refractivity contribution >= 4 is 33.4 Å². The first kappa shape index (κ1) is 27.5. The monoisotopic (exact) mass is 570 g/mol. The van der Waals surface area contributed by atoms with Gasteiger partial charge in [-0.25, -0.2) is 18.6 Å². The topological polar surface area (TPSA) is 118 Å². The molecule has 11 heteroatoms. The van der Waals surface area contributed by atoms with E-state index in [1.54, 1.807) is 53.7 Å². The average Bonchev–Trinajstić information content (AvgIpc) is 3.34. The highest BCUT2D eigenvalue weighted by molar-refractivity contribution is 7.88. The number of benzene rings is 1. The smallest absolute Gasteiger partial charge is 0.254 e. The van der Waals surface area contributed by atoms with Crippen LogP contribution in [0.2, 0.25) is 0 Å². The second-order valence-electron chi connectivity index (χ2n) is 10.2. The van der Waals surface area contributed by atoms with Gasteiger partial charge >= 0.3 is 0 Å². The lowest BCUT2D eigenvalue weighted by Crippen LogP contribution is -2.63. The van der Waals surface area contributed by atoms with Crippen molar-refractivity contribution in [3.63, 3.8) is 0 Å². The fourth-order valence-corrected chi connectivity index (χ4v) is 7.01. The van der Waals surface area contributed by atoms with Crippen LogP contribution in [0.4, 0.5) is 0 Å². The van der Waals surface area contributed by atoms with Crippen molar-refractivity contribution in [3.05, 3.63) is 88.7 Å². The number of pyridine rings is 1. The summed E-state index contributed by atoms with van der Waals surface area (Å²) in [6.07, 6.45) is 12.8. The van der Waals surface area contributed by atoms with E-state index in [0.717, 1.165) is 24.7 Å². The quantitative estimate of drug-likeness (QED) is 0.470. The Morgan fingerprint density at radius 1 is 1.18 bits per heavy atom. The molecular formula is C28H31ClN4O5S. The van der Waals surface area contributed by atoms with Crippen LogP contribution >= 0.6 is 11.6 Å². The summed E-state index contributed by atoms with van der Waals surface area (Å²) in [4.78, 5) is 39.4. The van der Waals surface area contributed by atoms with E-state index in [9.17, 15) is 18.0 Å². The number of hydrogen-bond acceptors (Lipinski definition) is 6. The molecule has 2 aromatic rings. The molecule has 2 heterocycles. The molecule has 2 aliphatic carbocycles. The Balaban J connectivity index is 1.54. The maximum absolute atomic E-state index is 14.1. The van der Waals surface area contributed by atoms with Crippen LogP contribution in [0.3, 0.4) is 0 Å². The number of halogens is 1. The van der Waals surface area contributed by atoms with Gasteiger partial charge in [0.2, 0.25) is 10.0 Å². The fraction of sp³-hybridized carbons (Fsp3) is 0.393. The van der Waals surface area contributed by atoms with Gasteiger partial charge in [0.25, 0.3) is 11.8 Å². The average molecular weight is 571 g/mol. The molecule has 2 N–H and O–H groups in total. The summed E-state index contributed by atoms with van der Waals surface area (Å²) in [7, 11) is -3.53. The van der Waals surface area contributed by atoms with E-state index in [1.165, 1.54) is 0 Å². The van der Waals surface area contributed by atoms with Crippen LogP contribution in [0.15, 0.2) is 72.1 Å². The number of allylic oxidation sites excluding steroid dienone is 2. The first-order valence-corrected chi connectivity index (χ1v) is 15.2. The molecule has 0 spiro atoms. The van der Waals surface area contributed by atoms with Crippen LogP contribution in [0.5, 0.6) is 0 Å². The predicted molar refractivity (Wildman–Crippen MR) is 147 cm³/mol. The summed E-state index contributed by atoms with van der Waals surface area (Å²) in [6.45, 7) is 0.124. The highest BCUT2D eigenvalue weighted by Crippen LogP contribution is 2.43. The number of rotatable bonds is 8. The van der Waals surface area contributed by atoms with Crippen molar-refractivity contribution < 1.29 is 22.8 Å². The summed E-state index contributed by atoms with van der Waals surface area (Å²) in [5.74, 6) is -1.78. The van der Waals surface area contributed by atoms with E-state index >= 15 is 0 Å². The van der Waals surface area contributed by atoms with E-state index in [0.29, 0.717) is 29.0 Å². The number of sulfonamides is 1. The molecule has 1 aliphatic heterocycles. The third kappa shape index (κ3) is 6.09. The van der Waals surface area contributed by atoms with Gasteiger partial charge in [-0.15, -0.1) is 0 Å². The number of hydrogen-bond donors (Lipinski definition) is 2. The normalized spacial score (nSPS) is 26.7. The number of fused-ring (bicyclic) bond motifs is 1. The van der Waals surface area contributed by atoms with Crippen molar-refractivity contribution in [1.29, 1.82) is 0 Å². The van der Waals surface area contributed by atoms with E-state index in [-0.39, 0.29) is 18.4 Å².